The number of hydrogen-bond acceptors (Lipinski definition) is 6. The Labute approximate surface area is 212 Å². The molecule has 2 aromatic carbocycles. The van der Waals surface area contributed by atoms with Crippen LogP contribution in [-0.2, 0) is 6.18 Å². The fraction of sp³-hybridized carbons (Fsp3) is 0.346. The summed E-state index contributed by atoms with van der Waals surface area (Å²) in [6, 6.07) is 9.46. The summed E-state index contributed by atoms with van der Waals surface area (Å²) in [6.45, 7) is 1.74. The van der Waals surface area contributed by atoms with Gasteiger partial charge in [-0.1, -0.05) is 6.07 Å². The van der Waals surface area contributed by atoms with Gasteiger partial charge in [0.05, 0.1) is 30.0 Å². The standard InChI is InChI=1S/C26H26F3N5O3/c1-34-11-3-4-18(34)9-10-31-24-20(32-25(35)33-24)13-16-5-8-22(23(14-16)36-2)37-21-7-6-17(15-30)12-19(21)26(27,28)29/h5-8,12-14,18H,3-4,9-11H2,1-2H3,(H2,31,32,33,35)/b20-13-. The van der Waals surface area contributed by atoms with Crippen LogP contribution in [0, 0.1) is 11.3 Å². The minimum absolute atomic E-state index is 0.0583. The summed E-state index contributed by atoms with van der Waals surface area (Å²) in [5.74, 6) is 0.220. The van der Waals surface area contributed by atoms with Crippen molar-refractivity contribution in [1.82, 2.24) is 15.5 Å². The highest BCUT2D eigenvalue weighted by Crippen LogP contribution is 2.41. The summed E-state index contributed by atoms with van der Waals surface area (Å²) in [7, 11) is 3.47. The van der Waals surface area contributed by atoms with Crippen LogP contribution >= 0.6 is 0 Å². The van der Waals surface area contributed by atoms with Gasteiger partial charge in [-0.3, -0.25) is 0 Å². The fourth-order valence-electron chi connectivity index (χ4n) is 4.36. The molecule has 0 spiro atoms. The van der Waals surface area contributed by atoms with Gasteiger partial charge >= 0.3 is 12.2 Å². The number of amidine groups is 1. The zero-order valence-electron chi connectivity index (χ0n) is 20.4. The lowest BCUT2D eigenvalue weighted by Gasteiger charge is -2.19. The van der Waals surface area contributed by atoms with Gasteiger partial charge in [0.1, 0.15) is 5.75 Å². The monoisotopic (exact) mass is 513 g/mol. The van der Waals surface area contributed by atoms with E-state index in [4.69, 9.17) is 14.7 Å². The number of carbonyl (C=O) groups is 1. The smallest absolute Gasteiger partial charge is 0.420 e. The van der Waals surface area contributed by atoms with Crippen molar-refractivity contribution in [1.29, 1.82) is 5.26 Å². The molecule has 4 rings (SSSR count). The molecule has 0 aromatic heterocycles. The van der Waals surface area contributed by atoms with E-state index in [-0.39, 0.29) is 17.1 Å². The minimum Gasteiger partial charge on any atom is -0.493 e. The first kappa shape index (κ1) is 26.0. The van der Waals surface area contributed by atoms with Crippen LogP contribution in [0.15, 0.2) is 47.1 Å². The van der Waals surface area contributed by atoms with Gasteiger partial charge in [0.15, 0.2) is 17.3 Å². The maximum Gasteiger partial charge on any atom is 0.420 e. The number of nitriles is 1. The lowest BCUT2D eigenvalue weighted by atomic mass is 10.1. The van der Waals surface area contributed by atoms with Crippen LogP contribution in [0.25, 0.3) is 6.08 Å². The summed E-state index contributed by atoms with van der Waals surface area (Å²) in [4.78, 5) is 18.2. The average molecular weight is 514 g/mol. The first-order chi connectivity index (χ1) is 17.7. The Bertz CT molecular complexity index is 1280. The van der Waals surface area contributed by atoms with E-state index in [9.17, 15) is 18.0 Å². The van der Waals surface area contributed by atoms with E-state index in [2.05, 4.69) is 27.6 Å². The predicted molar refractivity (Wildman–Crippen MR) is 131 cm³/mol. The van der Waals surface area contributed by atoms with E-state index in [1.807, 2.05) is 0 Å². The largest absolute Gasteiger partial charge is 0.493 e. The highest BCUT2D eigenvalue weighted by atomic mass is 19.4. The number of nitrogens with one attached hydrogen (secondary N) is 2. The second kappa shape index (κ2) is 10.9. The van der Waals surface area contributed by atoms with E-state index >= 15 is 0 Å². The first-order valence-electron chi connectivity index (χ1n) is 11.7. The van der Waals surface area contributed by atoms with E-state index < -0.39 is 23.5 Å². The second-order valence-corrected chi connectivity index (χ2v) is 8.77. The third-order valence-corrected chi connectivity index (χ3v) is 6.28. The highest BCUT2D eigenvalue weighted by molar-refractivity contribution is 6.13. The molecule has 194 valence electrons. The number of benzene rings is 2. The number of carbonyl (C=O) groups excluding carboxylic acids is 1. The number of ether oxygens (including phenoxy) is 2. The van der Waals surface area contributed by atoms with Crippen molar-refractivity contribution in [2.24, 2.45) is 4.99 Å². The normalized spacial score (nSPS) is 18.9. The van der Waals surface area contributed by atoms with Crippen LogP contribution in [0.1, 0.15) is 36.0 Å². The number of aliphatic imine (C=N–C) groups is 1. The topological polar surface area (TPSA) is 99.0 Å². The van der Waals surface area contributed by atoms with Crippen molar-refractivity contribution >= 4 is 17.9 Å². The number of nitrogens with zero attached hydrogens (tertiary/aromatic N) is 3. The summed E-state index contributed by atoms with van der Waals surface area (Å²) in [5.41, 5.74) is -0.105. The number of amides is 2. The number of methoxy groups -OCH3 is 1. The van der Waals surface area contributed by atoms with Gasteiger partial charge in [-0.25, -0.2) is 4.79 Å². The molecule has 0 bridgehead atoms. The number of alkyl halides is 3. The van der Waals surface area contributed by atoms with Gasteiger partial charge < -0.3 is 25.0 Å². The van der Waals surface area contributed by atoms with Crippen molar-refractivity contribution < 1.29 is 27.4 Å². The number of hydrogen-bond donors (Lipinski definition) is 2. The van der Waals surface area contributed by atoms with Crippen LogP contribution in [-0.4, -0.2) is 50.1 Å². The molecule has 1 fully saturated rings. The Kier molecular flexibility index (Phi) is 7.69. The molecule has 1 unspecified atom stereocenters. The molecule has 2 aliphatic rings. The molecule has 1 atom stereocenters. The van der Waals surface area contributed by atoms with Gasteiger partial charge in [-0.15, -0.1) is 0 Å². The van der Waals surface area contributed by atoms with Gasteiger partial charge in [0.25, 0.3) is 0 Å². The molecule has 0 saturated carbocycles. The van der Waals surface area contributed by atoms with Gasteiger partial charge in [-0.2, -0.15) is 23.4 Å². The molecular weight excluding hydrogens is 487 g/mol. The van der Waals surface area contributed by atoms with Crippen LogP contribution in [0.2, 0.25) is 0 Å². The summed E-state index contributed by atoms with van der Waals surface area (Å²) in [6.07, 6.45) is 0.222. The first-order valence-corrected chi connectivity index (χ1v) is 11.7. The molecule has 0 radical (unpaired) electrons. The summed E-state index contributed by atoms with van der Waals surface area (Å²) >= 11 is 0. The predicted octanol–water partition coefficient (Wildman–Crippen LogP) is 4.91. The number of urea groups is 1. The van der Waals surface area contributed by atoms with Crippen LogP contribution in [0.3, 0.4) is 0 Å². The quantitative estimate of drug-likeness (QED) is 0.546. The Morgan fingerprint density at radius 2 is 2.03 bits per heavy atom. The molecule has 2 aliphatic heterocycles. The van der Waals surface area contributed by atoms with Gasteiger partial charge in [0.2, 0.25) is 0 Å². The Hall–Kier alpha value is -4.04. The lowest BCUT2D eigenvalue weighted by Crippen LogP contribution is -2.32. The number of likely N-dealkylation sites (tertiary alicyclic amines) is 1. The zero-order chi connectivity index (χ0) is 26.6. The number of rotatable bonds is 7. The molecule has 2 N–H and O–H groups in total. The van der Waals surface area contributed by atoms with Crippen molar-refractivity contribution in [3.05, 3.63) is 58.8 Å². The maximum atomic E-state index is 13.5. The molecule has 0 aliphatic carbocycles. The molecule has 2 aromatic rings. The van der Waals surface area contributed by atoms with E-state index in [0.717, 1.165) is 31.5 Å². The van der Waals surface area contributed by atoms with Gasteiger partial charge in [0, 0.05) is 12.6 Å². The molecule has 11 heteroatoms. The SMILES string of the molecule is COc1cc(/C=C2\NC(=O)N=C2NCCC2CCCN2C)ccc1Oc1ccc(C#N)cc1C(F)(F)F. The zero-order valence-corrected chi connectivity index (χ0v) is 20.4. The fourth-order valence-corrected chi connectivity index (χ4v) is 4.36. The third kappa shape index (κ3) is 6.21. The number of halogens is 3. The minimum atomic E-state index is -4.71. The molecule has 2 heterocycles. The van der Waals surface area contributed by atoms with Gasteiger partial charge in [-0.05, 0) is 74.8 Å². The molecule has 1 saturated heterocycles. The molecule has 2 amide bonds. The Balaban J connectivity index is 1.51. The summed E-state index contributed by atoms with van der Waals surface area (Å²) < 4.78 is 51.5. The molecular formula is C26H26F3N5O3. The van der Waals surface area contributed by atoms with E-state index in [0.29, 0.717) is 29.7 Å². The van der Waals surface area contributed by atoms with Crippen LogP contribution < -0.4 is 20.1 Å². The average Bonchev–Trinajstić information content (AvgIpc) is 3.43. The maximum absolute atomic E-state index is 13.5. The Morgan fingerprint density at radius 1 is 1.24 bits per heavy atom. The van der Waals surface area contributed by atoms with Crippen molar-refractivity contribution in [2.75, 3.05) is 27.2 Å². The summed E-state index contributed by atoms with van der Waals surface area (Å²) in [5, 5.41) is 14.9. The van der Waals surface area contributed by atoms with Crippen LogP contribution in [0.5, 0.6) is 17.2 Å². The third-order valence-electron chi connectivity index (χ3n) is 6.28. The van der Waals surface area contributed by atoms with Crippen molar-refractivity contribution in [3.8, 4) is 23.3 Å². The van der Waals surface area contributed by atoms with Crippen molar-refractivity contribution in [2.45, 2.75) is 31.5 Å². The van der Waals surface area contributed by atoms with Crippen molar-refractivity contribution in [3.63, 3.8) is 0 Å². The van der Waals surface area contributed by atoms with E-state index in [1.54, 1.807) is 24.3 Å². The molecule has 37 heavy (non-hydrogen) atoms. The second-order valence-electron chi connectivity index (χ2n) is 8.77. The van der Waals surface area contributed by atoms with Crippen LogP contribution in [0.4, 0.5) is 18.0 Å². The molecule has 8 nitrogen and oxygen atoms in total. The van der Waals surface area contributed by atoms with E-state index in [1.165, 1.54) is 25.7 Å². The lowest BCUT2D eigenvalue weighted by molar-refractivity contribution is -0.138. The Morgan fingerprint density at radius 3 is 2.70 bits per heavy atom. The highest BCUT2D eigenvalue weighted by Gasteiger charge is 2.35.